The van der Waals surface area contributed by atoms with Crippen LogP contribution in [-0.2, 0) is 19.9 Å². The number of hydrogen-bond donors (Lipinski definition) is 0. The van der Waals surface area contributed by atoms with Crippen molar-refractivity contribution < 1.29 is 0 Å². The van der Waals surface area contributed by atoms with E-state index in [-0.39, 0.29) is 5.41 Å². The van der Waals surface area contributed by atoms with Crippen LogP contribution in [0.4, 0.5) is 0 Å². The Bertz CT molecular complexity index is 380. The normalized spacial score (nSPS) is 14.1. The number of nitrogens with zero attached hydrogens (tertiary/aromatic N) is 2. The molecule has 0 N–H and O–H groups in total. The summed E-state index contributed by atoms with van der Waals surface area (Å²) in [5.41, 5.74) is 2.43. The van der Waals surface area contributed by atoms with Crippen LogP contribution in [0, 0.1) is 5.41 Å². The molecule has 2 nitrogen and oxygen atoms in total. The number of halogens is 2. The molecule has 0 amide bonds. The predicted molar refractivity (Wildman–Crippen MR) is 78.1 cm³/mol. The minimum atomic E-state index is 0.276. The maximum atomic E-state index is 6.33. The number of aryl methyl sites for hydroxylation is 2. The van der Waals surface area contributed by atoms with Crippen molar-refractivity contribution in [1.82, 2.24) is 9.78 Å². The minimum Gasteiger partial charge on any atom is -0.271 e. The number of alkyl halides is 1. The Morgan fingerprint density at radius 3 is 2.41 bits per heavy atom. The zero-order chi connectivity index (χ0) is 13.2. The third kappa shape index (κ3) is 3.72. The molecule has 0 aromatic carbocycles. The second kappa shape index (κ2) is 5.75. The Hall–Kier alpha value is -0.0200. The zero-order valence-electron chi connectivity index (χ0n) is 11.3. The summed E-state index contributed by atoms with van der Waals surface area (Å²) in [4.78, 5) is 0.492. The molecule has 1 aromatic heterocycles. The molecule has 0 saturated heterocycles. The van der Waals surface area contributed by atoms with E-state index in [1.165, 1.54) is 0 Å². The van der Waals surface area contributed by atoms with Gasteiger partial charge in [0.15, 0.2) is 0 Å². The first-order valence-corrected chi connectivity index (χ1v) is 7.41. The third-order valence-electron chi connectivity index (χ3n) is 3.08. The summed E-state index contributed by atoms with van der Waals surface area (Å²) in [5, 5.41) is 5.29. The standard InChI is InChI=1S/C13H22BrClN2/c1-6-9-12(15)10(17(5)16-9)7-8-11(14)13(2,3)4/h11H,6-8H2,1-5H3. The highest BCUT2D eigenvalue weighted by atomic mass is 79.9. The molecule has 0 aliphatic heterocycles. The lowest BCUT2D eigenvalue weighted by atomic mass is 9.89. The van der Waals surface area contributed by atoms with Crippen molar-refractivity contribution in [2.45, 2.75) is 51.8 Å². The Balaban J connectivity index is 2.73. The van der Waals surface area contributed by atoms with Gasteiger partial charge >= 0.3 is 0 Å². The van der Waals surface area contributed by atoms with E-state index >= 15 is 0 Å². The second-order valence-electron chi connectivity index (χ2n) is 5.56. The minimum absolute atomic E-state index is 0.276. The molecule has 0 fully saturated rings. The topological polar surface area (TPSA) is 17.8 Å². The summed E-state index contributed by atoms with van der Waals surface area (Å²) in [7, 11) is 1.97. The Labute approximate surface area is 118 Å². The van der Waals surface area contributed by atoms with Crippen LogP contribution in [0.25, 0.3) is 0 Å². The van der Waals surface area contributed by atoms with Gasteiger partial charge < -0.3 is 0 Å². The first kappa shape index (κ1) is 15.0. The van der Waals surface area contributed by atoms with Crippen molar-refractivity contribution in [1.29, 1.82) is 0 Å². The van der Waals surface area contributed by atoms with Gasteiger partial charge in [0.05, 0.1) is 16.4 Å². The summed E-state index contributed by atoms with van der Waals surface area (Å²) in [5.74, 6) is 0. The monoisotopic (exact) mass is 320 g/mol. The van der Waals surface area contributed by atoms with E-state index in [1.54, 1.807) is 0 Å². The summed E-state index contributed by atoms with van der Waals surface area (Å²) in [6.07, 6.45) is 2.94. The van der Waals surface area contributed by atoms with E-state index in [2.05, 4.69) is 48.7 Å². The molecule has 0 aliphatic rings. The molecule has 0 aliphatic carbocycles. The van der Waals surface area contributed by atoms with Crippen LogP contribution in [0.2, 0.25) is 5.02 Å². The van der Waals surface area contributed by atoms with Crippen LogP contribution >= 0.6 is 27.5 Å². The SMILES string of the molecule is CCc1nn(C)c(CCC(Br)C(C)(C)C)c1Cl. The molecule has 0 spiro atoms. The van der Waals surface area contributed by atoms with Crippen LogP contribution in [0.5, 0.6) is 0 Å². The highest BCUT2D eigenvalue weighted by molar-refractivity contribution is 9.09. The predicted octanol–water partition coefficient (Wildman–Crippen LogP) is 4.38. The van der Waals surface area contributed by atoms with Crippen molar-refractivity contribution in [3.63, 3.8) is 0 Å². The molecule has 1 rings (SSSR count). The summed E-state index contributed by atoms with van der Waals surface area (Å²) < 4.78 is 1.92. The quantitative estimate of drug-likeness (QED) is 0.753. The summed E-state index contributed by atoms with van der Waals surface area (Å²) in [6, 6.07) is 0. The number of aromatic nitrogens is 2. The molecule has 1 heterocycles. The lowest BCUT2D eigenvalue weighted by Gasteiger charge is -2.25. The van der Waals surface area contributed by atoms with Crippen LogP contribution in [0.3, 0.4) is 0 Å². The first-order valence-electron chi connectivity index (χ1n) is 6.11. The van der Waals surface area contributed by atoms with Crippen LogP contribution in [-0.4, -0.2) is 14.6 Å². The largest absolute Gasteiger partial charge is 0.271 e. The van der Waals surface area contributed by atoms with Crippen molar-refractivity contribution in [2.24, 2.45) is 12.5 Å². The fourth-order valence-corrected chi connectivity index (χ4v) is 2.41. The number of hydrogen-bond acceptors (Lipinski definition) is 1. The van der Waals surface area contributed by atoms with E-state index in [1.807, 2.05) is 11.7 Å². The molecule has 0 radical (unpaired) electrons. The van der Waals surface area contributed by atoms with Gasteiger partial charge in [-0.3, -0.25) is 4.68 Å². The molecule has 0 saturated carbocycles. The Morgan fingerprint density at radius 1 is 1.41 bits per heavy atom. The Kier molecular flexibility index (Phi) is 5.08. The van der Waals surface area contributed by atoms with Gasteiger partial charge in [-0.15, -0.1) is 0 Å². The molecule has 1 unspecified atom stereocenters. The molecule has 98 valence electrons. The van der Waals surface area contributed by atoms with Gasteiger partial charge in [0, 0.05) is 11.9 Å². The summed E-state index contributed by atoms with van der Waals surface area (Å²) in [6.45, 7) is 8.82. The molecule has 1 atom stereocenters. The van der Waals surface area contributed by atoms with Crippen molar-refractivity contribution >= 4 is 27.5 Å². The molecular weight excluding hydrogens is 300 g/mol. The van der Waals surface area contributed by atoms with E-state index < -0.39 is 0 Å². The summed E-state index contributed by atoms with van der Waals surface area (Å²) >= 11 is 10.1. The van der Waals surface area contributed by atoms with E-state index in [9.17, 15) is 0 Å². The highest BCUT2D eigenvalue weighted by Crippen LogP contribution is 2.31. The van der Waals surface area contributed by atoms with Gasteiger partial charge in [0.25, 0.3) is 0 Å². The van der Waals surface area contributed by atoms with Crippen molar-refractivity contribution in [2.75, 3.05) is 0 Å². The lowest BCUT2D eigenvalue weighted by Crippen LogP contribution is -2.21. The van der Waals surface area contributed by atoms with Crippen LogP contribution in [0.15, 0.2) is 0 Å². The zero-order valence-corrected chi connectivity index (χ0v) is 13.7. The van der Waals surface area contributed by atoms with Gasteiger partial charge in [0.2, 0.25) is 0 Å². The smallest absolute Gasteiger partial charge is 0.0849 e. The molecule has 4 heteroatoms. The van der Waals surface area contributed by atoms with Gasteiger partial charge in [-0.1, -0.05) is 55.2 Å². The average Bonchev–Trinajstić information content (AvgIpc) is 2.49. The third-order valence-corrected chi connectivity index (χ3v) is 5.34. The van der Waals surface area contributed by atoms with Gasteiger partial charge in [0.1, 0.15) is 0 Å². The Morgan fingerprint density at radius 2 is 2.00 bits per heavy atom. The average molecular weight is 322 g/mol. The van der Waals surface area contributed by atoms with Gasteiger partial charge in [-0.05, 0) is 24.7 Å². The second-order valence-corrected chi connectivity index (χ2v) is 7.04. The fraction of sp³-hybridized carbons (Fsp3) is 0.769. The van der Waals surface area contributed by atoms with Crippen LogP contribution < -0.4 is 0 Å². The van der Waals surface area contributed by atoms with Gasteiger partial charge in [-0.2, -0.15) is 5.10 Å². The van der Waals surface area contributed by atoms with E-state index in [0.717, 1.165) is 35.7 Å². The molecule has 0 bridgehead atoms. The molecule has 17 heavy (non-hydrogen) atoms. The van der Waals surface area contributed by atoms with Crippen molar-refractivity contribution in [3.05, 3.63) is 16.4 Å². The van der Waals surface area contributed by atoms with Gasteiger partial charge in [-0.25, -0.2) is 0 Å². The van der Waals surface area contributed by atoms with Crippen molar-refractivity contribution in [3.8, 4) is 0 Å². The molecular formula is C13H22BrClN2. The fourth-order valence-electron chi connectivity index (χ4n) is 1.79. The first-order chi connectivity index (χ1) is 7.77. The van der Waals surface area contributed by atoms with E-state index in [0.29, 0.717) is 4.83 Å². The van der Waals surface area contributed by atoms with Crippen LogP contribution in [0.1, 0.15) is 45.5 Å². The highest BCUT2D eigenvalue weighted by Gasteiger charge is 2.22. The maximum absolute atomic E-state index is 6.33. The lowest BCUT2D eigenvalue weighted by molar-refractivity contribution is 0.384. The van der Waals surface area contributed by atoms with E-state index in [4.69, 9.17) is 11.6 Å². The molecule has 1 aromatic rings. The maximum Gasteiger partial charge on any atom is 0.0849 e. The number of rotatable bonds is 4.